The van der Waals surface area contributed by atoms with Crippen molar-refractivity contribution in [1.29, 1.82) is 0 Å². The fourth-order valence-corrected chi connectivity index (χ4v) is 4.23. The molecule has 4 rings (SSSR count). The second-order valence-corrected chi connectivity index (χ2v) is 9.48. The summed E-state index contributed by atoms with van der Waals surface area (Å²) in [4.78, 5) is 19.6. The minimum absolute atomic E-state index is 0.138. The van der Waals surface area contributed by atoms with Crippen molar-refractivity contribution in [3.8, 4) is 5.75 Å². The zero-order valence-electron chi connectivity index (χ0n) is 19.2. The molecule has 1 aromatic carbocycles. The molecule has 0 aliphatic carbocycles. The summed E-state index contributed by atoms with van der Waals surface area (Å²) in [5.74, 6) is 1.69. The molecule has 0 unspecified atom stereocenters. The molecule has 170 valence electrons. The number of rotatable bonds is 5. The summed E-state index contributed by atoms with van der Waals surface area (Å²) in [7, 11) is 1.63. The number of nitrogens with one attached hydrogen (secondary N) is 1. The van der Waals surface area contributed by atoms with Gasteiger partial charge in [-0.05, 0) is 63.4 Å². The first-order valence-corrected chi connectivity index (χ1v) is 11.1. The zero-order chi connectivity index (χ0) is 22.9. The Kier molecular flexibility index (Phi) is 6.09. The second kappa shape index (κ2) is 8.81. The Morgan fingerprint density at radius 2 is 1.84 bits per heavy atom. The van der Waals surface area contributed by atoms with Crippen molar-refractivity contribution in [3.05, 3.63) is 59.7 Å². The van der Waals surface area contributed by atoms with E-state index in [0.29, 0.717) is 19.5 Å². The van der Waals surface area contributed by atoms with Gasteiger partial charge in [-0.1, -0.05) is 12.1 Å². The summed E-state index contributed by atoms with van der Waals surface area (Å²) in [6.07, 6.45) is 3.53. The molecular weight excluding hydrogens is 407 g/mol. The number of fused-ring (bicyclic) bond motifs is 1. The molecule has 0 atom stereocenters. The Bertz CT molecular complexity index is 1090. The van der Waals surface area contributed by atoms with Gasteiger partial charge in [0.25, 0.3) is 0 Å². The van der Waals surface area contributed by atoms with Crippen LogP contribution in [-0.2, 0) is 11.2 Å². The SMILES string of the molecule is COc1ccc(CC(=O)N2CCC(c3nc4ccc(F)cn4c3NC(C)(C)C)CC2)cc1. The van der Waals surface area contributed by atoms with Crippen molar-refractivity contribution in [3.63, 3.8) is 0 Å². The summed E-state index contributed by atoms with van der Waals surface area (Å²) >= 11 is 0. The van der Waals surface area contributed by atoms with Crippen LogP contribution in [0.5, 0.6) is 5.75 Å². The van der Waals surface area contributed by atoms with E-state index in [4.69, 9.17) is 9.72 Å². The number of piperidine rings is 1. The molecule has 0 spiro atoms. The lowest BCUT2D eigenvalue weighted by Crippen LogP contribution is -2.39. The number of hydrogen-bond donors (Lipinski definition) is 1. The van der Waals surface area contributed by atoms with Crippen LogP contribution in [0.15, 0.2) is 42.6 Å². The Morgan fingerprint density at radius 3 is 2.47 bits per heavy atom. The molecule has 1 N–H and O–H groups in total. The molecule has 1 fully saturated rings. The van der Waals surface area contributed by atoms with E-state index in [1.807, 2.05) is 29.2 Å². The Balaban J connectivity index is 1.47. The van der Waals surface area contributed by atoms with Gasteiger partial charge in [0.2, 0.25) is 5.91 Å². The maximum Gasteiger partial charge on any atom is 0.226 e. The van der Waals surface area contributed by atoms with Gasteiger partial charge in [-0.3, -0.25) is 9.20 Å². The molecule has 6 nitrogen and oxygen atoms in total. The minimum Gasteiger partial charge on any atom is -0.497 e. The summed E-state index contributed by atoms with van der Waals surface area (Å²) in [6, 6.07) is 10.8. The van der Waals surface area contributed by atoms with Crippen molar-refractivity contribution in [2.24, 2.45) is 0 Å². The first-order valence-electron chi connectivity index (χ1n) is 11.1. The highest BCUT2D eigenvalue weighted by Gasteiger charge is 2.29. The van der Waals surface area contributed by atoms with Crippen LogP contribution in [0.25, 0.3) is 5.65 Å². The van der Waals surface area contributed by atoms with Crippen molar-refractivity contribution in [2.45, 2.75) is 51.5 Å². The molecule has 1 aliphatic heterocycles. The number of carbonyl (C=O) groups excluding carboxylic acids is 1. The Morgan fingerprint density at radius 1 is 1.16 bits per heavy atom. The highest BCUT2D eigenvalue weighted by molar-refractivity contribution is 5.79. The van der Waals surface area contributed by atoms with E-state index >= 15 is 0 Å². The molecule has 0 saturated carbocycles. The number of likely N-dealkylation sites (tertiary alicyclic amines) is 1. The third-order valence-electron chi connectivity index (χ3n) is 5.85. The molecule has 32 heavy (non-hydrogen) atoms. The predicted octanol–water partition coefficient (Wildman–Crippen LogP) is 4.64. The number of benzene rings is 1. The normalized spacial score (nSPS) is 15.2. The molecule has 2 aromatic heterocycles. The second-order valence-electron chi connectivity index (χ2n) is 9.48. The fraction of sp³-hybridized carbons (Fsp3) is 0.440. The predicted molar refractivity (Wildman–Crippen MR) is 124 cm³/mol. The van der Waals surface area contributed by atoms with Gasteiger partial charge in [0.1, 0.15) is 23.0 Å². The Labute approximate surface area is 188 Å². The van der Waals surface area contributed by atoms with Crippen molar-refractivity contribution < 1.29 is 13.9 Å². The van der Waals surface area contributed by atoms with Gasteiger partial charge < -0.3 is 15.0 Å². The van der Waals surface area contributed by atoms with Crippen LogP contribution in [0.1, 0.15) is 50.8 Å². The lowest BCUT2D eigenvalue weighted by Gasteiger charge is -2.32. The fourth-order valence-electron chi connectivity index (χ4n) is 4.23. The number of methoxy groups -OCH3 is 1. The van der Waals surface area contributed by atoms with Crippen LogP contribution in [0.4, 0.5) is 10.2 Å². The van der Waals surface area contributed by atoms with E-state index in [0.717, 1.165) is 41.3 Å². The van der Waals surface area contributed by atoms with E-state index in [1.165, 1.54) is 12.3 Å². The highest BCUT2D eigenvalue weighted by Crippen LogP contribution is 2.34. The van der Waals surface area contributed by atoms with E-state index in [9.17, 15) is 9.18 Å². The molecule has 3 aromatic rings. The quantitative estimate of drug-likeness (QED) is 0.630. The molecule has 1 amide bonds. The molecule has 1 saturated heterocycles. The van der Waals surface area contributed by atoms with Gasteiger partial charge in [-0.15, -0.1) is 0 Å². The molecule has 1 aliphatic rings. The van der Waals surface area contributed by atoms with Crippen LogP contribution < -0.4 is 10.1 Å². The van der Waals surface area contributed by atoms with Crippen molar-refractivity contribution in [1.82, 2.24) is 14.3 Å². The number of anilines is 1. The van der Waals surface area contributed by atoms with Gasteiger partial charge in [0.15, 0.2) is 0 Å². The largest absolute Gasteiger partial charge is 0.497 e. The van der Waals surface area contributed by atoms with Gasteiger partial charge >= 0.3 is 0 Å². The van der Waals surface area contributed by atoms with Gasteiger partial charge in [0, 0.05) is 30.7 Å². The van der Waals surface area contributed by atoms with E-state index < -0.39 is 0 Å². The third kappa shape index (κ3) is 4.87. The first-order chi connectivity index (χ1) is 15.2. The maximum atomic E-state index is 13.9. The number of nitrogens with zero attached hydrogens (tertiary/aromatic N) is 3. The zero-order valence-corrected chi connectivity index (χ0v) is 19.2. The molecule has 3 heterocycles. The summed E-state index contributed by atoms with van der Waals surface area (Å²) in [6.45, 7) is 7.62. The van der Waals surface area contributed by atoms with Crippen molar-refractivity contribution in [2.75, 3.05) is 25.5 Å². The third-order valence-corrected chi connectivity index (χ3v) is 5.85. The molecule has 0 radical (unpaired) electrons. The molecule has 7 heteroatoms. The highest BCUT2D eigenvalue weighted by atomic mass is 19.1. The van der Waals surface area contributed by atoms with Crippen LogP contribution in [0.3, 0.4) is 0 Å². The van der Waals surface area contributed by atoms with Crippen LogP contribution in [-0.4, -0.2) is 45.9 Å². The number of imidazole rings is 1. The smallest absolute Gasteiger partial charge is 0.226 e. The number of amides is 1. The van der Waals surface area contributed by atoms with Crippen molar-refractivity contribution >= 4 is 17.4 Å². The monoisotopic (exact) mass is 438 g/mol. The van der Waals surface area contributed by atoms with Crippen LogP contribution in [0.2, 0.25) is 0 Å². The topological polar surface area (TPSA) is 58.9 Å². The number of pyridine rings is 1. The maximum absolute atomic E-state index is 13.9. The summed E-state index contributed by atoms with van der Waals surface area (Å²) in [5, 5.41) is 3.52. The number of hydrogen-bond acceptors (Lipinski definition) is 4. The molecular formula is C25H31FN4O2. The number of halogens is 1. The minimum atomic E-state index is -0.294. The lowest BCUT2D eigenvalue weighted by atomic mass is 9.92. The lowest BCUT2D eigenvalue weighted by molar-refractivity contribution is -0.131. The van der Waals surface area contributed by atoms with Gasteiger partial charge in [-0.2, -0.15) is 0 Å². The number of carbonyl (C=O) groups is 1. The van der Waals surface area contributed by atoms with Gasteiger partial charge in [-0.25, -0.2) is 9.37 Å². The van der Waals surface area contributed by atoms with E-state index in [1.54, 1.807) is 17.6 Å². The number of ether oxygens (including phenoxy) is 1. The first kappa shape index (κ1) is 22.1. The average Bonchev–Trinajstić information content (AvgIpc) is 3.10. The summed E-state index contributed by atoms with van der Waals surface area (Å²) in [5.41, 5.74) is 2.47. The number of aromatic nitrogens is 2. The van der Waals surface area contributed by atoms with Gasteiger partial charge in [0.05, 0.1) is 19.2 Å². The van der Waals surface area contributed by atoms with E-state index in [2.05, 4.69) is 26.1 Å². The van der Waals surface area contributed by atoms with Crippen LogP contribution in [0, 0.1) is 5.82 Å². The average molecular weight is 439 g/mol. The Hall–Kier alpha value is -3.09. The standard InChI is InChI=1S/C25H31FN4O2/c1-25(2,3)28-24-23(27-21-10-7-19(26)16-30(21)24)18-11-13-29(14-12-18)22(31)15-17-5-8-20(32-4)9-6-17/h5-10,16,18,28H,11-15H2,1-4H3. The van der Waals surface area contributed by atoms with E-state index in [-0.39, 0.29) is 23.2 Å². The summed E-state index contributed by atoms with van der Waals surface area (Å²) < 4.78 is 20.9. The molecule has 0 bridgehead atoms. The van der Waals surface area contributed by atoms with Crippen LogP contribution >= 0.6 is 0 Å².